The largest absolute Gasteiger partial charge is 0.479 e. The van der Waals surface area contributed by atoms with Crippen LogP contribution in [-0.2, 0) is 4.79 Å². The molecule has 0 aliphatic heterocycles. The van der Waals surface area contributed by atoms with Gasteiger partial charge in [-0.05, 0) is 19.1 Å². The number of aliphatic hydroxyl groups excluding tert-OH is 1. The summed E-state index contributed by atoms with van der Waals surface area (Å²) < 4.78 is 13.3. The predicted molar refractivity (Wildman–Crippen MR) is 50.4 cm³/mol. The standard InChI is InChI=1S/C9H8FNO5/c1-4-2-3-5(10)6(7(4)11(15)16)8(12)9(13)14/h2-3,8,12H,1H3,(H,13,14). The van der Waals surface area contributed by atoms with Gasteiger partial charge >= 0.3 is 5.97 Å². The maximum absolute atomic E-state index is 13.3. The summed E-state index contributed by atoms with van der Waals surface area (Å²) in [5.74, 6) is -2.86. The summed E-state index contributed by atoms with van der Waals surface area (Å²) in [5.41, 5.74) is -1.45. The Hall–Kier alpha value is -2.02. The Morgan fingerprint density at radius 1 is 1.56 bits per heavy atom. The maximum atomic E-state index is 13.3. The molecule has 0 aliphatic carbocycles. The third-order valence-corrected chi connectivity index (χ3v) is 2.06. The Morgan fingerprint density at radius 3 is 2.56 bits per heavy atom. The van der Waals surface area contributed by atoms with Crippen LogP contribution in [0.25, 0.3) is 0 Å². The number of nitro groups is 1. The van der Waals surface area contributed by atoms with Gasteiger partial charge in [0.15, 0.2) is 6.10 Å². The van der Waals surface area contributed by atoms with Gasteiger partial charge in [0.05, 0.1) is 4.92 Å². The lowest BCUT2D eigenvalue weighted by atomic mass is 10.0. The van der Waals surface area contributed by atoms with Crippen molar-refractivity contribution in [3.63, 3.8) is 0 Å². The van der Waals surface area contributed by atoms with Gasteiger partial charge in [-0.3, -0.25) is 10.1 Å². The second kappa shape index (κ2) is 4.23. The minimum Gasteiger partial charge on any atom is -0.479 e. The van der Waals surface area contributed by atoms with Gasteiger partial charge in [-0.2, -0.15) is 0 Å². The van der Waals surface area contributed by atoms with Crippen molar-refractivity contribution in [2.24, 2.45) is 0 Å². The zero-order valence-corrected chi connectivity index (χ0v) is 8.18. The molecule has 7 heteroatoms. The van der Waals surface area contributed by atoms with E-state index in [1.54, 1.807) is 0 Å². The van der Waals surface area contributed by atoms with Crippen molar-refractivity contribution >= 4 is 11.7 Å². The first-order valence-corrected chi connectivity index (χ1v) is 4.20. The molecule has 16 heavy (non-hydrogen) atoms. The van der Waals surface area contributed by atoms with Crippen LogP contribution in [0.15, 0.2) is 12.1 Å². The first-order valence-electron chi connectivity index (χ1n) is 4.20. The average Bonchev–Trinajstić information content (AvgIpc) is 2.19. The van der Waals surface area contributed by atoms with Gasteiger partial charge in [-0.1, -0.05) is 0 Å². The smallest absolute Gasteiger partial charge is 0.337 e. The highest BCUT2D eigenvalue weighted by Crippen LogP contribution is 2.31. The molecule has 0 radical (unpaired) electrons. The van der Waals surface area contributed by atoms with Crippen molar-refractivity contribution in [1.29, 1.82) is 0 Å². The first-order chi connectivity index (χ1) is 7.36. The molecule has 0 spiro atoms. The number of nitro benzene ring substituents is 1. The molecule has 0 saturated carbocycles. The molecule has 0 amide bonds. The zero-order valence-electron chi connectivity index (χ0n) is 8.18. The van der Waals surface area contributed by atoms with E-state index in [1.807, 2.05) is 0 Å². The van der Waals surface area contributed by atoms with E-state index in [-0.39, 0.29) is 5.56 Å². The molecule has 1 aromatic rings. The normalized spacial score (nSPS) is 12.2. The van der Waals surface area contributed by atoms with E-state index in [4.69, 9.17) is 5.11 Å². The minimum absolute atomic E-state index is 0.0849. The number of aryl methyl sites for hydroxylation is 1. The second-order valence-corrected chi connectivity index (χ2v) is 3.12. The van der Waals surface area contributed by atoms with Gasteiger partial charge in [0, 0.05) is 5.56 Å². The van der Waals surface area contributed by atoms with Gasteiger partial charge in [0.25, 0.3) is 5.69 Å². The number of carboxylic acids is 1. The number of hydrogen-bond acceptors (Lipinski definition) is 4. The molecule has 0 aromatic heterocycles. The van der Waals surface area contributed by atoms with Gasteiger partial charge < -0.3 is 10.2 Å². The van der Waals surface area contributed by atoms with E-state index in [0.29, 0.717) is 0 Å². The fourth-order valence-electron chi connectivity index (χ4n) is 1.32. The number of benzene rings is 1. The van der Waals surface area contributed by atoms with Gasteiger partial charge in [-0.25, -0.2) is 9.18 Å². The summed E-state index contributed by atoms with van der Waals surface area (Å²) in [4.78, 5) is 20.2. The SMILES string of the molecule is Cc1ccc(F)c(C(O)C(=O)O)c1[N+](=O)[O-]. The average molecular weight is 229 g/mol. The molecular weight excluding hydrogens is 221 g/mol. The highest BCUT2D eigenvalue weighted by Gasteiger charge is 2.31. The summed E-state index contributed by atoms with van der Waals surface area (Å²) in [7, 11) is 0. The van der Waals surface area contributed by atoms with E-state index in [0.717, 1.165) is 12.1 Å². The van der Waals surface area contributed by atoms with Crippen molar-refractivity contribution in [3.8, 4) is 0 Å². The molecule has 0 saturated heterocycles. The highest BCUT2D eigenvalue weighted by molar-refractivity contribution is 5.76. The van der Waals surface area contributed by atoms with Crippen LogP contribution in [0.2, 0.25) is 0 Å². The molecule has 1 rings (SSSR count). The monoisotopic (exact) mass is 229 g/mol. The Kier molecular flexibility index (Phi) is 3.19. The van der Waals surface area contributed by atoms with Gasteiger partial charge in [0.2, 0.25) is 0 Å². The number of rotatable bonds is 3. The van der Waals surface area contributed by atoms with Crippen LogP contribution in [0.4, 0.5) is 10.1 Å². The molecule has 0 aliphatic rings. The third-order valence-electron chi connectivity index (χ3n) is 2.06. The summed E-state index contributed by atoms with van der Waals surface area (Å²) in [6.45, 7) is 1.33. The number of halogens is 1. The number of aliphatic carboxylic acids is 1. The van der Waals surface area contributed by atoms with Crippen LogP contribution in [0.5, 0.6) is 0 Å². The number of hydrogen-bond donors (Lipinski definition) is 2. The third kappa shape index (κ3) is 1.98. The van der Waals surface area contributed by atoms with E-state index in [9.17, 15) is 24.4 Å². The second-order valence-electron chi connectivity index (χ2n) is 3.12. The van der Waals surface area contributed by atoms with E-state index >= 15 is 0 Å². The lowest BCUT2D eigenvalue weighted by Gasteiger charge is -2.09. The van der Waals surface area contributed by atoms with Crippen LogP contribution < -0.4 is 0 Å². The van der Waals surface area contributed by atoms with E-state index in [2.05, 4.69) is 0 Å². The molecule has 0 bridgehead atoms. The zero-order chi connectivity index (χ0) is 12.5. The number of carboxylic acid groups (broad SMARTS) is 1. The predicted octanol–water partition coefficient (Wildman–Crippen LogP) is 1.16. The van der Waals surface area contributed by atoms with Crippen molar-refractivity contribution in [3.05, 3.63) is 39.2 Å². The molecule has 2 N–H and O–H groups in total. The first kappa shape index (κ1) is 12.1. The summed E-state index contributed by atoms with van der Waals surface area (Å²) in [6, 6.07) is 2.02. The summed E-state index contributed by atoms with van der Waals surface area (Å²) in [5, 5.41) is 28.4. The minimum atomic E-state index is -2.25. The lowest BCUT2D eigenvalue weighted by molar-refractivity contribution is -0.386. The van der Waals surface area contributed by atoms with Crippen LogP contribution in [-0.4, -0.2) is 21.1 Å². The maximum Gasteiger partial charge on any atom is 0.337 e. The van der Waals surface area contributed by atoms with E-state index < -0.39 is 34.1 Å². The topological polar surface area (TPSA) is 101 Å². The van der Waals surface area contributed by atoms with Crippen molar-refractivity contribution in [1.82, 2.24) is 0 Å². The van der Waals surface area contributed by atoms with Crippen molar-refractivity contribution in [2.45, 2.75) is 13.0 Å². The fraction of sp³-hybridized carbons (Fsp3) is 0.222. The molecule has 1 atom stereocenters. The molecule has 86 valence electrons. The van der Waals surface area contributed by atoms with Crippen LogP contribution >= 0.6 is 0 Å². The van der Waals surface area contributed by atoms with Crippen LogP contribution in [0, 0.1) is 22.9 Å². The van der Waals surface area contributed by atoms with Crippen molar-refractivity contribution < 1.29 is 24.3 Å². The molecule has 6 nitrogen and oxygen atoms in total. The lowest BCUT2D eigenvalue weighted by Crippen LogP contribution is -2.15. The van der Waals surface area contributed by atoms with Crippen molar-refractivity contribution in [2.75, 3.05) is 0 Å². The Bertz CT molecular complexity index is 459. The molecule has 1 unspecified atom stereocenters. The summed E-state index contributed by atoms with van der Waals surface area (Å²) in [6.07, 6.45) is -2.25. The quantitative estimate of drug-likeness (QED) is 0.598. The fourth-order valence-corrected chi connectivity index (χ4v) is 1.32. The van der Waals surface area contributed by atoms with Crippen LogP contribution in [0.3, 0.4) is 0 Å². The number of carbonyl (C=O) groups is 1. The van der Waals surface area contributed by atoms with Gasteiger partial charge in [-0.15, -0.1) is 0 Å². The molecule has 0 heterocycles. The Balaban J connectivity index is 3.52. The van der Waals surface area contributed by atoms with Gasteiger partial charge in [0.1, 0.15) is 11.4 Å². The Morgan fingerprint density at radius 2 is 2.12 bits per heavy atom. The van der Waals surface area contributed by atoms with E-state index in [1.165, 1.54) is 6.92 Å². The number of aliphatic hydroxyl groups is 1. The van der Waals surface area contributed by atoms with Crippen LogP contribution in [0.1, 0.15) is 17.2 Å². The summed E-state index contributed by atoms with van der Waals surface area (Å²) >= 11 is 0. The molecule has 0 fully saturated rings. The molecule has 1 aromatic carbocycles. The number of nitrogens with zero attached hydrogens (tertiary/aromatic N) is 1. The highest BCUT2D eigenvalue weighted by atomic mass is 19.1. The molecular formula is C9H8FNO5. The Labute approximate surface area is 89.1 Å².